The summed E-state index contributed by atoms with van der Waals surface area (Å²) < 4.78 is 5.26. The van der Waals surface area contributed by atoms with Gasteiger partial charge in [-0.1, -0.05) is 0 Å². The van der Waals surface area contributed by atoms with Gasteiger partial charge >= 0.3 is 12.0 Å². The van der Waals surface area contributed by atoms with Crippen molar-refractivity contribution in [2.24, 2.45) is 5.92 Å². The van der Waals surface area contributed by atoms with Crippen LogP contribution in [0.25, 0.3) is 0 Å². The third kappa shape index (κ3) is 7.65. The lowest BCUT2D eigenvalue weighted by molar-refractivity contribution is -0.137. The van der Waals surface area contributed by atoms with E-state index in [4.69, 9.17) is 9.84 Å². The molecule has 0 spiro atoms. The number of unbranched alkanes of at least 4 members (excludes halogenated alkanes) is 1. The molecule has 0 aromatic heterocycles. The lowest BCUT2D eigenvalue weighted by atomic mass is 10.00. The van der Waals surface area contributed by atoms with Crippen LogP contribution in [0, 0.1) is 5.92 Å². The van der Waals surface area contributed by atoms with Crippen LogP contribution in [0.1, 0.15) is 38.5 Å². The van der Waals surface area contributed by atoms with Crippen molar-refractivity contribution in [2.75, 3.05) is 26.8 Å². The molecule has 1 saturated heterocycles. The molecule has 120 valence electrons. The molecule has 0 aromatic rings. The zero-order valence-corrected chi connectivity index (χ0v) is 12.5. The predicted molar refractivity (Wildman–Crippen MR) is 75.8 cm³/mol. The van der Waals surface area contributed by atoms with Crippen molar-refractivity contribution >= 4 is 17.9 Å². The number of hydrogen-bond donors (Lipinski definition) is 2. The molecule has 1 aliphatic rings. The van der Waals surface area contributed by atoms with Gasteiger partial charge in [-0.3, -0.25) is 14.9 Å². The zero-order chi connectivity index (χ0) is 15.7. The highest BCUT2D eigenvalue weighted by Gasteiger charge is 2.19. The number of ether oxygens (including phenoxy) is 1. The molecule has 0 atom stereocenters. The fourth-order valence-electron chi connectivity index (χ4n) is 2.24. The monoisotopic (exact) mass is 300 g/mol. The van der Waals surface area contributed by atoms with E-state index in [0.717, 1.165) is 26.1 Å². The minimum absolute atomic E-state index is 0.0465. The number of carbonyl (C=O) groups is 3. The highest BCUT2D eigenvalue weighted by atomic mass is 16.5. The number of carboxylic acids is 1. The number of amides is 3. The highest BCUT2D eigenvalue weighted by molar-refractivity contribution is 5.94. The topological polar surface area (TPSA) is 95.9 Å². The first-order valence-electron chi connectivity index (χ1n) is 7.33. The van der Waals surface area contributed by atoms with Crippen molar-refractivity contribution in [3.63, 3.8) is 0 Å². The number of nitrogens with zero attached hydrogens (tertiary/aromatic N) is 1. The van der Waals surface area contributed by atoms with Crippen LogP contribution in [-0.2, 0) is 14.3 Å². The highest BCUT2D eigenvalue weighted by Crippen LogP contribution is 2.15. The predicted octanol–water partition coefficient (Wildman–Crippen LogP) is 1.23. The summed E-state index contributed by atoms with van der Waals surface area (Å²) >= 11 is 0. The van der Waals surface area contributed by atoms with Crippen molar-refractivity contribution in [3.8, 4) is 0 Å². The van der Waals surface area contributed by atoms with Crippen LogP contribution < -0.4 is 5.32 Å². The minimum Gasteiger partial charge on any atom is -0.481 e. The number of hydrogen-bond acceptors (Lipinski definition) is 4. The lowest BCUT2D eigenvalue weighted by Gasteiger charge is -2.27. The Hall–Kier alpha value is -1.63. The van der Waals surface area contributed by atoms with Crippen molar-refractivity contribution in [1.82, 2.24) is 10.2 Å². The van der Waals surface area contributed by atoms with E-state index < -0.39 is 12.0 Å². The number of aliphatic carboxylic acids is 1. The van der Waals surface area contributed by atoms with Crippen molar-refractivity contribution in [2.45, 2.75) is 38.5 Å². The number of carbonyl (C=O) groups excluding carboxylic acids is 2. The second kappa shape index (κ2) is 9.33. The Balaban J connectivity index is 2.18. The maximum atomic E-state index is 11.8. The Morgan fingerprint density at radius 1 is 1.19 bits per heavy atom. The standard InChI is InChI=1S/C14H24N2O5/c1-16(10-11-6-8-21-9-7-11)14(20)15-12(17)4-2-3-5-13(18)19/h11H,2-10H2,1H3,(H,18,19)(H,15,17,20). The maximum Gasteiger partial charge on any atom is 0.323 e. The molecule has 1 rings (SSSR count). The first kappa shape index (κ1) is 17.4. The summed E-state index contributed by atoms with van der Waals surface area (Å²) in [5, 5.41) is 10.8. The number of rotatable bonds is 7. The van der Waals surface area contributed by atoms with Gasteiger partial charge in [0.05, 0.1) is 0 Å². The summed E-state index contributed by atoms with van der Waals surface area (Å²) in [6.45, 7) is 2.06. The third-order valence-corrected chi connectivity index (χ3v) is 3.51. The molecule has 1 heterocycles. The fourth-order valence-corrected chi connectivity index (χ4v) is 2.24. The number of carboxylic acid groups (broad SMARTS) is 1. The molecular formula is C14H24N2O5. The Morgan fingerprint density at radius 3 is 2.43 bits per heavy atom. The molecule has 0 radical (unpaired) electrons. The van der Waals surface area contributed by atoms with Crippen LogP contribution in [0.15, 0.2) is 0 Å². The molecule has 0 aromatic carbocycles. The summed E-state index contributed by atoms with van der Waals surface area (Å²) in [5.41, 5.74) is 0. The number of nitrogens with one attached hydrogen (secondary N) is 1. The molecular weight excluding hydrogens is 276 g/mol. The summed E-state index contributed by atoms with van der Waals surface area (Å²) in [6.07, 6.45) is 2.99. The lowest BCUT2D eigenvalue weighted by Crippen LogP contribution is -2.43. The molecule has 0 unspecified atom stereocenters. The van der Waals surface area contributed by atoms with Crippen LogP contribution in [-0.4, -0.2) is 54.7 Å². The zero-order valence-electron chi connectivity index (χ0n) is 12.5. The molecule has 7 heteroatoms. The first-order chi connectivity index (χ1) is 9.99. The van der Waals surface area contributed by atoms with Gasteiger partial charge in [-0.2, -0.15) is 0 Å². The van der Waals surface area contributed by atoms with Crippen LogP contribution in [0.2, 0.25) is 0 Å². The molecule has 3 amide bonds. The van der Waals surface area contributed by atoms with Gasteiger partial charge in [0, 0.05) is 39.6 Å². The second-order valence-corrected chi connectivity index (χ2v) is 5.39. The maximum absolute atomic E-state index is 11.8. The van der Waals surface area contributed by atoms with Gasteiger partial charge in [0.2, 0.25) is 5.91 Å². The van der Waals surface area contributed by atoms with Crippen LogP contribution in [0.3, 0.4) is 0 Å². The largest absolute Gasteiger partial charge is 0.481 e. The second-order valence-electron chi connectivity index (χ2n) is 5.39. The Bertz CT molecular complexity index is 366. The molecule has 7 nitrogen and oxygen atoms in total. The van der Waals surface area contributed by atoms with Gasteiger partial charge in [-0.15, -0.1) is 0 Å². The van der Waals surface area contributed by atoms with E-state index >= 15 is 0 Å². The molecule has 0 saturated carbocycles. The van der Waals surface area contributed by atoms with E-state index in [1.807, 2.05) is 0 Å². The summed E-state index contributed by atoms with van der Waals surface area (Å²) in [6, 6.07) is -0.398. The van der Waals surface area contributed by atoms with Crippen LogP contribution >= 0.6 is 0 Å². The summed E-state index contributed by atoms with van der Waals surface area (Å²) in [4.78, 5) is 35.3. The van der Waals surface area contributed by atoms with Crippen LogP contribution in [0.4, 0.5) is 4.79 Å². The minimum atomic E-state index is -0.873. The van der Waals surface area contributed by atoms with Gasteiger partial charge < -0.3 is 14.7 Å². The van der Waals surface area contributed by atoms with Crippen LogP contribution in [0.5, 0.6) is 0 Å². The van der Waals surface area contributed by atoms with Crippen molar-refractivity contribution < 1.29 is 24.2 Å². The van der Waals surface area contributed by atoms with E-state index in [-0.39, 0.29) is 18.7 Å². The quantitative estimate of drug-likeness (QED) is 0.689. The van der Waals surface area contributed by atoms with Gasteiger partial charge in [-0.05, 0) is 31.6 Å². The van der Waals surface area contributed by atoms with Gasteiger partial charge in [0.25, 0.3) is 0 Å². The number of urea groups is 1. The van der Waals surface area contributed by atoms with E-state index in [1.54, 1.807) is 7.05 Å². The summed E-state index contributed by atoms with van der Waals surface area (Å²) in [5.74, 6) is -0.813. The SMILES string of the molecule is CN(CC1CCOCC1)C(=O)NC(=O)CCCCC(=O)O. The Labute approximate surface area is 124 Å². The molecule has 0 bridgehead atoms. The van der Waals surface area contributed by atoms with Gasteiger partial charge in [0.15, 0.2) is 0 Å². The Kier molecular flexibility index (Phi) is 7.74. The average molecular weight is 300 g/mol. The fraction of sp³-hybridized carbons (Fsp3) is 0.786. The molecule has 21 heavy (non-hydrogen) atoms. The first-order valence-corrected chi connectivity index (χ1v) is 7.33. The van der Waals surface area contributed by atoms with Gasteiger partial charge in [-0.25, -0.2) is 4.79 Å². The molecule has 0 aliphatic carbocycles. The van der Waals surface area contributed by atoms with Crippen molar-refractivity contribution in [3.05, 3.63) is 0 Å². The van der Waals surface area contributed by atoms with E-state index in [0.29, 0.717) is 25.3 Å². The third-order valence-electron chi connectivity index (χ3n) is 3.51. The molecule has 1 fully saturated rings. The van der Waals surface area contributed by atoms with Crippen molar-refractivity contribution in [1.29, 1.82) is 0 Å². The Morgan fingerprint density at radius 2 is 1.81 bits per heavy atom. The average Bonchev–Trinajstić information content (AvgIpc) is 2.44. The summed E-state index contributed by atoms with van der Waals surface area (Å²) in [7, 11) is 1.67. The molecule has 2 N–H and O–H groups in total. The van der Waals surface area contributed by atoms with E-state index in [2.05, 4.69) is 5.32 Å². The number of imide groups is 1. The van der Waals surface area contributed by atoms with E-state index in [9.17, 15) is 14.4 Å². The van der Waals surface area contributed by atoms with Gasteiger partial charge in [0.1, 0.15) is 0 Å². The molecule has 1 aliphatic heterocycles. The normalized spacial score (nSPS) is 15.5. The smallest absolute Gasteiger partial charge is 0.323 e. The van der Waals surface area contributed by atoms with E-state index in [1.165, 1.54) is 4.90 Å².